The van der Waals surface area contributed by atoms with Crippen LogP contribution in [0.1, 0.15) is 12.1 Å². The van der Waals surface area contributed by atoms with Gasteiger partial charge in [0.1, 0.15) is 16.7 Å². The molecule has 0 bridgehead atoms. The van der Waals surface area contributed by atoms with E-state index in [1.165, 1.54) is 11.8 Å². The van der Waals surface area contributed by atoms with E-state index in [0.29, 0.717) is 42.0 Å². The summed E-state index contributed by atoms with van der Waals surface area (Å²) >= 11 is 6.46. The number of benzene rings is 1. The molecule has 2 N–H and O–H groups in total. The number of anilines is 4. The number of piperazine rings is 1. The molecule has 3 aromatic rings. The third kappa shape index (κ3) is 6.47. The van der Waals surface area contributed by atoms with Crippen molar-refractivity contribution in [2.75, 3.05) is 61.4 Å². The predicted octanol–water partition coefficient (Wildman–Crippen LogP) is 2.66. The molecule has 5 rings (SSSR count). The lowest BCUT2D eigenvalue weighted by atomic mass is 10.2. The van der Waals surface area contributed by atoms with Crippen molar-refractivity contribution < 1.29 is 4.79 Å². The third-order valence-corrected chi connectivity index (χ3v) is 7.20. The van der Waals surface area contributed by atoms with Crippen LogP contribution in [0, 0.1) is 11.3 Å². The Balaban J connectivity index is 1.20. The van der Waals surface area contributed by atoms with Crippen molar-refractivity contribution in [2.45, 2.75) is 12.5 Å². The minimum absolute atomic E-state index is 0.0114. The highest BCUT2D eigenvalue weighted by Gasteiger charge is 2.27. The molecule has 0 aliphatic carbocycles. The molecule has 11 nitrogen and oxygen atoms in total. The van der Waals surface area contributed by atoms with Gasteiger partial charge in [-0.1, -0.05) is 11.6 Å². The number of nitrogens with zero attached hydrogens (tertiary/aromatic N) is 8. The van der Waals surface area contributed by atoms with Gasteiger partial charge in [-0.3, -0.25) is 9.48 Å². The highest BCUT2D eigenvalue weighted by Crippen LogP contribution is 2.28. The Morgan fingerprint density at radius 2 is 1.87 bits per heavy atom. The molecule has 2 aromatic heterocycles. The van der Waals surface area contributed by atoms with Gasteiger partial charge in [0.2, 0.25) is 5.95 Å². The summed E-state index contributed by atoms with van der Waals surface area (Å²) in [5.74, 6) is 0.620. The molecular formula is C27H31ClN10O. The van der Waals surface area contributed by atoms with E-state index >= 15 is 0 Å². The van der Waals surface area contributed by atoms with E-state index in [2.05, 4.69) is 54.7 Å². The highest BCUT2D eigenvalue weighted by atomic mass is 35.5. The quantitative estimate of drug-likeness (QED) is 0.340. The van der Waals surface area contributed by atoms with Gasteiger partial charge in [-0.2, -0.15) is 15.3 Å². The van der Waals surface area contributed by atoms with Gasteiger partial charge in [0.25, 0.3) is 5.91 Å². The Morgan fingerprint density at radius 1 is 1.10 bits per heavy atom. The number of amides is 1. The van der Waals surface area contributed by atoms with E-state index in [9.17, 15) is 10.1 Å². The molecule has 4 heterocycles. The van der Waals surface area contributed by atoms with E-state index in [4.69, 9.17) is 11.6 Å². The van der Waals surface area contributed by atoms with Crippen LogP contribution in [0.2, 0.25) is 5.02 Å². The molecule has 1 amide bonds. The lowest BCUT2D eigenvalue weighted by molar-refractivity contribution is -0.117. The first-order valence-corrected chi connectivity index (χ1v) is 13.3. The number of carbonyl (C=O) groups excluding carboxylic acids is 1. The van der Waals surface area contributed by atoms with Gasteiger partial charge in [-0.05, 0) is 49.9 Å². The molecule has 0 unspecified atom stereocenters. The largest absolute Gasteiger partial charge is 0.369 e. The monoisotopic (exact) mass is 546 g/mol. The Hall–Kier alpha value is -4.14. The number of likely N-dealkylation sites (N-methyl/N-ethyl adjacent to an activating group) is 1. The Kier molecular flexibility index (Phi) is 7.95. The van der Waals surface area contributed by atoms with Gasteiger partial charge in [-0.15, -0.1) is 0 Å². The topological polar surface area (TPSA) is 118 Å². The van der Waals surface area contributed by atoms with Crippen molar-refractivity contribution in [3.63, 3.8) is 0 Å². The summed E-state index contributed by atoms with van der Waals surface area (Å²) in [4.78, 5) is 28.5. The second-order valence-corrected chi connectivity index (χ2v) is 10.2. The van der Waals surface area contributed by atoms with E-state index < -0.39 is 5.91 Å². The predicted molar refractivity (Wildman–Crippen MR) is 152 cm³/mol. The summed E-state index contributed by atoms with van der Waals surface area (Å²) in [7, 11) is 3.93. The molecule has 0 saturated carbocycles. The molecule has 2 aliphatic heterocycles. The van der Waals surface area contributed by atoms with E-state index in [0.717, 1.165) is 31.9 Å². The lowest BCUT2D eigenvalue weighted by Crippen LogP contribution is -2.44. The van der Waals surface area contributed by atoms with Crippen LogP contribution in [0.4, 0.5) is 23.1 Å². The van der Waals surface area contributed by atoms with Crippen molar-refractivity contribution in [3.8, 4) is 6.07 Å². The summed E-state index contributed by atoms with van der Waals surface area (Å²) in [6.07, 6.45) is 5.52. The molecule has 2 aliphatic rings. The molecule has 0 spiro atoms. The number of carbonyl (C=O) groups is 1. The second kappa shape index (κ2) is 11.7. The van der Waals surface area contributed by atoms with Crippen LogP contribution < -0.4 is 20.4 Å². The lowest BCUT2D eigenvalue weighted by Gasteiger charge is -2.34. The van der Waals surface area contributed by atoms with E-state index in [1.807, 2.05) is 23.1 Å². The SMILES string of the molecule is CN1CCN(c2ccc(Nc3ncc(Cl)c(N4CC[C@@H](NC(=O)/C(C#N)=C/c5ccn(C)n5)C4)n3)cc2)CC1. The zero-order valence-electron chi connectivity index (χ0n) is 22.0. The highest BCUT2D eigenvalue weighted by molar-refractivity contribution is 6.32. The maximum absolute atomic E-state index is 12.7. The third-order valence-electron chi connectivity index (χ3n) is 6.93. The first kappa shape index (κ1) is 26.5. The van der Waals surface area contributed by atoms with Crippen molar-refractivity contribution in [3.05, 3.63) is 59.0 Å². The molecule has 39 heavy (non-hydrogen) atoms. The Labute approximate surface area is 232 Å². The average molecular weight is 547 g/mol. The standard InChI is InChI=1S/C27H31ClN10O/c1-35-11-13-37(14-12-35)23-5-3-20(4-6-23)32-27-30-17-24(28)25(33-27)38-10-8-22(18-38)31-26(39)19(16-29)15-21-7-9-36(2)34-21/h3-7,9,15,17,22H,8,10-14,18H2,1-2H3,(H,31,39)(H,30,32,33)/b19-15+/t22-/m1/s1. The van der Waals surface area contributed by atoms with Crippen molar-refractivity contribution in [1.29, 1.82) is 5.26 Å². The number of hydrogen-bond donors (Lipinski definition) is 2. The van der Waals surface area contributed by atoms with Crippen LogP contribution in [-0.2, 0) is 11.8 Å². The number of nitrogens with one attached hydrogen (secondary N) is 2. The van der Waals surface area contributed by atoms with E-state index in [-0.39, 0.29) is 11.6 Å². The van der Waals surface area contributed by atoms with Gasteiger partial charge in [0.15, 0.2) is 5.82 Å². The van der Waals surface area contributed by atoms with Crippen LogP contribution in [0.5, 0.6) is 0 Å². The zero-order valence-corrected chi connectivity index (χ0v) is 22.8. The summed E-state index contributed by atoms with van der Waals surface area (Å²) in [5, 5.41) is 20.3. The average Bonchev–Trinajstić information content (AvgIpc) is 3.57. The fraction of sp³-hybridized carbons (Fsp3) is 0.370. The number of halogens is 1. The second-order valence-electron chi connectivity index (χ2n) is 9.82. The van der Waals surface area contributed by atoms with Crippen molar-refractivity contribution >= 4 is 46.7 Å². The number of rotatable bonds is 7. The minimum Gasteiger partial charge on any atom is -0.369 e. The first-order chi connectivity index (χ1) is 18.9. The fourth-order valence-corrected chi connectivity index (χ4v) is 4.94. The van der Waals surface area contributed by atoms with Gasteiger partial charge >= 0.3 is 0 Å². The summed E-state index contributed by atoms with van der Waals surface area (Å²) < 4.78 is 1.62. The first-order valence-electron chi connectivity index (χ1n) is 12.9. The minimum atomic E-state index is -0.425. The van der Waals surface area contributed by atoms with Crippen LogP contribution in [-0.4, -0.2) is 82.9 Å². The number of aryl methyl sites for hydroxylation is 1. The van der Waals surface area contributed by atoms with Crippen molar-refractivity contribution in [2.24, 2.45) is 7.05 Å². The molecule has 1 aromatic carbocycles. The summed E-state index contributed by atoms with van der Waals surface area (Å²) in [5.41, 5.74) is 2.65. The smallest absolute Gasteiger partial charge is 0.262 e. The van der Waals surface area contributed by atoms with Crippen molar-refractivity contribution in [1.82, 2.24) is 30.0 Å². The maximum atomic E-state index is 12.7. The fourth-order valence-electron chi connectivity index (χ4n) is 4.73. The molecule has 1 atom stereocenters. The van der Waals surface area contributed by atoms with E-state index in [1.54, 1.807) is 30.2 Å². The molecule has 2 fully saturated rings. The number of nitriles is 1. The number of hydrogen-bond acceptors (Lipinski definition) is 9. The van der Waals surface area contributed by atoms with Crippen LogP contribution >= 0.6 is 11.6 Å². The van der Waals surface area contributed by atoms with Gasteiger partial charge in [0, 0.05) is 69.9 Å². The van der Waals surface area contributed by atoms with Gasteiger partial charge in [-0.25, -0.2) is 4.98 Å². The number of aromatic nitrogens is 4. The van der Waals surface area contributed by atoms with Gasteiger partial charge < -0.3 is 25.3 Å². The molecule has 12 heteroatoms. The Bertz CT molecular complexity index is 1390. The van der Waals surface area contributed by atoms with Gasteiger partial charge in [0.05, 0.1) is 11.9 Å². The molecular weight excluding hydrogens is 516 g/mol. The van der Waals surface area contributed by atoms with Crippen LogP contribution in [0.15, 0.2) is 48.3 Å². The van der Waals surface area contributed by atoms with Crippen LogP contribution in [0.25, 0.3) is 6.08 Å². The summed E-state index contributed by atoms with van der Waals surface area (Å²) in [6.45, 7) is 5.33. The maximum Gasteiger partial charge on any atom is 0.262 e. The normalized spacial score (nSPS) is 18.2. The Morgan fingerprint density at radius 3 is 2.56 bits per heavy atom. The molecule has 0 radical (unpaired) electrons. The zero-order chi connectivity index (χ0) is 27.4. The molecule has 202 valence electrons. The summed E-state index contributed by atoms with van der Waals surface area (Å²) in [6, 6.07) is 11.8. The molecule has 2 saturated heterocycles. The van der Waals surface area contributed by atoms with Crippen LogP contribution in [0.3, 0.4) is 0 Å².